The van der Waals surface area contributed by atoms with E-state index in [2.05, 4.69) is 16.7 Å². The van der Waals surface area contributed by atoms with Crippen molar-refractivity contribution in [3.8, 4) is 6.07 Å². The van der Waals surface area contributed by atoms with E-state index in [0.717, 1.165) is 11.3 Å². The summed E-state index contributed by atoms with van der Waals surface area (Å²) in [5.41, 5.74) is 2.22. The molecule has 0 aliphatic heterocycles. The maximum absolute atomic E-state index is 12.5. The van der Waals surface area contributed by atoms with Gasteiger partial charge in [0.1, 0.15) is 5.76 Å². The first-order valence-electron chi connectivity index (χ1n) is 8.33. The highest BCUT2D eigenvalue weighted by Crippen LogP contribution is 2.23. The zero-order chi connectivity index (χ0) is 18.4. The molecule has 26 heavy (non-hydrogen) atoms. The van der Waals surface area contributed by atoms with Gasteiger partial charge in [-0.2, -0.15) is 5.26 Å². The van der Waals surface area contributed by atoms with Crippen LogP contribution in [0.5, 0.6) is 0 Å². The van der Waals surface area contributed by atoms with Gasteiger partial charge in [-0.25, -0.2) is 0 Å². The monoisotopic (exact) mass is 345 g/mol. The number of carbonyl (C=O) groups excluding carboxylic acids is 1. The topological polar surface area (TPSA) is 78.1 Å². The van der Waals surface area contributed by atoms with E-state index in [9.17, 15) is 4.79 Å². The molecule has 0 fully saturated rings. The van der Waals surface area contributed by atoms with Gasteiger partial charge in [0, 0.05) is 5.69 Å². The fourth-order valence-corrected chi connectivity index (χ4v) is 2.65. The normalized spacial score (nSPS) is 12.8. The Balaban J connectivity index is 1.72. The van der Waals surface area contributed by atoms with Crippen LogP contribution in [0.4, 0.5) is 5.69 Å². The van der Waals surface area contributed by atoms with Crippen molar-refractivity contribution in [2.45, 2.75) is 19.0 Å². The Hall–Kier alpha value is -3.36. The molecule has 0 aliphatic carbocycles. The van der Waals surface area contributed by atoms with Gasteiger partial charge < -0.3 is 9.73 Å². The molecule has 1 aromatic heterocycles. The van der Waals surface area contributed by atoms with Crippen molar-refractivity contribution in [1.29, 1.82) is 5.26 Å². The van der Waals surface area contributed by atoms with Crippen molar-refractivity contribution < 1.29 is 9.21 Å². The van der Waals surface area contributed by atoms with Crippen LogP contribution in [0.15, 0.2) is 77.4 Å². The zero-order valence-corrected chi connectivity index (χ0v) is 14.3. The van der Waals surface area contributed by atoms with Gasteiger partial charge in [-0.3, -0.25) is 10.1 Å². The van der Waals surface area contributed by atoms with Crippen molar-refractivity contribution in [2.24, 2.45) is 0 Å². The Bertz CT molecular complexity index is 881. The van der Waals surface area contributed by atoms with Crippen molar-refractivity contribution in [1.82, 2.24) is 5.32 Å². The molecule has 2 aromatic carbocycles. The van der Waals surface area contributed by atoms with Gasteiger partial charge in [-0.15, -0.1) is 0 Å². The minimum absolute atomic E-state index is 0.165. The van der Waals surface area contributed by atoms with Gasteiger partial charge in [0.05, 0.1) is 30.0 Å². The highest BCUT2D eigenvalue weighted by Gasteiger charge is 2.22. The first-order chi connectivity index (χ1) is 12.7. The van der Waals surface area contributed by atoms with Crippen LogP contribution >= 0.6 is 0 Å². The molecule has 1 amide bonds. The smallest absolute Gasteiger partial charge is 0.241 e. The molecule has 3 rings (SSSR count). The van der Waals surface area contributed by atoms with Gasteiger partial charge in [-0.05, 0) is 48.9 Å². The van der Waals surface area contributed by atoms with Gasteiger partial charge in [-0.1, -0.05) is 30.3 Å². The second-order valence-corrected chi connectivity index (χ2v) is 5.93. The van der Waals surface area contributed by atoms with Crippen LogP contribution < -0.4 is 10.6 Å². The third-order valence-electron chi connectivity index (χ3n) is 4.05. The second-order valence-electron chi connectivity index (χ2n) is 5.93. The minimum atomic E-state index is -0.457. The van der Waals surface area contributed by atoms with Crippen molar-refractivity contribution in [3.63, 3.8) is 0 Å². The predicted octanol–water partition coefficient (Wildman–Crippen LogP) is 3.86. The Labute approximate surface area is 152 Å². The maximum atomic E-state index is 12.5. The molecular weight excluding hydrogens is 326 g/mol. The van der Waals surface area contributed by atoms with E-state index in [1.807, 2.05) is 42.5 Å². The summed E-state index contributed by atoms with van der Waals surface area (Å²) in [6, 6.07) is 21.7. The van der Waals surface area contributed by atoms with Crippen molar-refractivity contribution >= 4 is 11.6 Å². The number of rotatable bonds is 6. The van der Waals surface area contributed by atoms with Crippen LogP contribution in [0.1, 0.15) is 29.9 Å². The molecule has 5 nitrogen and oxygen atoms in total. The average molecular weight is 345 g/mol. The fourth-order valence-electron chi connectivity index (χ4n) is 2.65. The Morgan fingerprint density at radius 1 is 1.04 bits per heavy atom. The molecule has 2 atom stereocenters. The van der Waals surface area contributed by atoms with Crippen LogP contribution in [0.25, 0.3) is 0 Å². The molecule has 1 heterocycles. The van der Waals surface area contributed by atoms with E-state index in [1.54, 1.807) is 37.5 Å². The number of nitrogens with zero attached hydrogens (tertiary/aromatic N) is 1. The van der Waals surface area contributed by atoms with E-state index in [4.69, 9.17) is 9.68 Å². The molecule has 2 N–H and O–H groups in total. The Kier molecular flexibility index (Phi) is 5.47. The summed E-state index contributed by atoms with van der Waals surface area (Å²) >= 11 is 0. The average Bonchev–Trinajstić information content (AvgIpc) is 3.21. The molecule has 0 spiro atoms. The number of anilines is 1. The van der Waals surface area contributed by atoms with Crippen molar-refractivity contribution in [2.75, 3.05) is 5.32 Å². The van der Waals surface area contributed by atoms with Gasteiger partial charge in [0.2, 0.25) is 5.91 Å². The summed E-state index contributed by atoms with van der Waals surface area (Å²) in [5, 5.41) is 15.0. The molecule has 0 aliphatic rings. The number of nitriles is 1. The Morgan fingerprint density at radius 3 is 2.38 bits per heavy atom. The van der Waals surface area contributed by atoms with E-state index in [1.165, 1.54) is 0 Å². The number of benzene rings is 2. The van der Waals surface area contributed by atoms with E-state index in [0.29, 0.717) is 11.3 Å². The molecule has 130 valence electrons. The molecule has 0 radical (unpaired) electrons. The SMILES string of the molecule is C[C@H](N[C@@H](c1ccccc1)c1ccco1)C(=O)Nc1ccc(C#N)cc1. The first-order valence-corrected chi connectivity index (χ1v) is 8.33. The lowest BCUT2D eigenvalue weighted by Crippen LogP contribution is -2.40. The number of furan rings is 1. The molecule has 3 aromatic rings. The largest absolute Gasteiger partial charge is 0.467 e. The third kappa shape index (κ3) is 4.18. The second kappa shape index (κ2) is 8.15. The van der Waals surface area contributed by atoms with Gasteiger partial charge in [0.15, 0.2) is 0 Å². The summed E-state index contributed by atoms with van der Waals surface area (Å²) in [7, 11) is 0. The van der Waals surface area contributed by atoms with Crippen LogP contribution in [0.2, 0.25) is 0 Å². The number of hydrogen-bond donors (Lipinski definition) is 2. The maximum Gasteiger partial charge on any atom is 0.241 e. The van der Waals surface area contributed by atoms with Crippen LogP contribution in [-0.4, -0.2) is 11.9 Å². The number of amides is 1. The number of hydrogen-bond acceptors (Lipinski definition) is 4. The lowest BCUT2D eigenvalue weighted by molar-refractivity contribution is -0.117. The highest BCUT2D eigenvalue weighted by molar-refractivity contribution is 5.94. The highest BCUT2D eigenvalue weighted by atomic mass is 16.3. The quantitative estimate of drug-likeness (QED) is 0.711. The fraction of sp³-hybridized carbons (Fsp3) is 0.143. The van der Waals surface area contributed by atoms with E-state index in [-0.39, 0.29) is 11.9 Å². The lowest BCUT2D eigenvalue weighted by atomic mass is 10.0. The van der Waals surface area contributed by atoms with Gasteiger partial charge in [0.25, 0.3) is 0 Å². The van der Waals surface area contributed by atoms with Crippen LogP contribution in [0, 0.1) is 11.3 Å². The van der Waals surface area contributed by atoms with E-state index < -0.39 is 6.04 Å². The first kappa shape index (κ1) is 17.5. The lowest BCUT2D eigenvalue weighted by Gasteiger charge is -2.22. The molecule has 5 heteroatoms. The molecule has 0 saturated heterocycles. The molecular formula is C21H19N3O2. The third-order valence-corrected chi connectivity index (χ3v) is 4.05. The van der Waals surface area contributed by atoms with Crippen molar-refractivity contribution in [3.05, 3.63) is 89.9 Å². The predicted molar refractivity (Wildman–Crippen MR) is 99.4 cm³/mol. The molecule has 0 saturated carbocycles. The molecule has 0 bridgehead atoms. The summed E-state index contributed by atoms with van der Waals surface area (Å²) in [6.07, 6.45) is 1.62. The number of nitrogens with one attached hydrogen (secondary N) is 2. The zero-order valence-electron chi connectivity index (χ0n) is 14.3. The summed E-state index contributed by atoms with van der Waals surface area (Å²) in [6.45, 7) is 1.80. The van der Waals surface area contributed by atoms with Gasteiger partial charge >= 0.3 is 0 Å². The van der Waals surface area contributed by atoms with Crippen LogP contribution in [0.3, 0.4) is 0 Å². The van der Waals surface area contributed by atoms with E-state index >= 15 is 0 Å². The summed E-state index contributed by atoms with van der Waals surface area (Å²) < 4.78 is 5.55. The summed E-state index contributed by atoms with van der Waals surface area (Å²) in [5.74, 6) is 0.580. The number of carbonyl (C=O) groups is 1. The standard InChI is InChI=1S/C21H19N3O2/c1-15(21(25)24-18-11-9-16(14-22)10-12-18)23-20(19-8-5-13-26-19)17-6-3-2-4-7-17/h2-13,15,20,23H,1H3,(H,24,25)/t15-,20-/m0/s1. The van der Waals surface area contributed by atoms with Crippen LogP contribution in [-0.2, 0) is 4.79 Å². The molecule has 0 unspecified atom stereocenters. The Morgan fingerprint density at radius 2 is 1.77 bits per heavy atom. The summed E-state index contributed by atoms with van der Waals surface area (Å²) in [4.78, 5) is 12.5. The minimum Gasteiger partial charge on any atom is -0.467 e.